The first-order chi connectivity index (χ1) is 19.5. The number of phenols is 1. The van der Waals surface area contributed by atoms with Gasteiger partial charge in [-0.3, -0.25) is 0 Å². The molecule has 6 heteroatoms. The number of aryl methyl sites for hydroxylation is 1. The second kappa shape index (κ2) is 11.1. The van der Waals surface area contributed by atoms with Crippen molar-refractivity contribution in [2.45, 2.75) is 56.7 Å². The lowest BCUT2D eigenvalue weighted by molar-refractivity contribution is -0.184. The molecule has 2 aliphatic carbocycles. The molecule has 1 saturated carbocycles. The standard InChI is InChI=1S/C34H40FNO4/c1-38-32-28(30-26(22-7-5-4-6-8-22)11-9-23-19-25(37)10-12-27(23)30)13-14-29(31(32)35)36-17-15-34(16-18-36)20-24(21-34)33(39-2)40-3/h4-8,10,12-14,19,24,26,30,33,37H,9,11,15-18,20-21H2,1-3H3/t26-,30+/m1/s1. The summed E-state index contributed by atoms with van der Waals surface area (Å²) < 4.78 is 33.2. The zero-order chi connectivity index (χ0) is 27.9. The highest BCUT2D eigenvalue weighted by molar-refractivity contribution is 5.60. The van der Waals surface area contributed by atoms with Crippen molar-refractivity contribution in [2.24, 2.45) is 11.3 Å². The Bertz CT molecular complexity index is 1330. The molecule has 1 saturated heterocycles. The minimum Gasteiger partial charge on any atom is -0.508 e. The SMILES string of the molecule is COc1c([C@@H]2c3ccc(O)cc3CC[C@@H]2c2ccccc2)ccc(N2CCC3(CC2)CC(C(OC)OC)C3)c1F. The number of fused-ring (bicyclic) bond motifs is 1. The van der Waals surface area contributed by atoms with Crippen LogP contribution in [-0.2, 0) is 15.9 Å². The largest absolute Gasteiger partial charge is 0.508 e. The lowest BCUT2D eigenvalue weighted by Gasteiger charge is -2.54. The molecule has 2 atom stereocenters. The first-order valence-corrected chi connectivity index (χ1v) is 14.5. The molecule has 3 aromatic rings. The van der Waals surface area contributed by atoms with E-state index in [0.29, 0.717) is 22.8 Å². The zero-order valence-corrected chi connectivity index (χ0v) is 23.7. The topological polar surface area (TPSA) is 51.2 Å². The number of phenolic OH excluding ortho intramolecular Hbond substituents is 1. The quantitative estimate of drug-likeness (QED) is 0.324. The van der Waals surface area contributed by atoms with E-state index in [2.05, 4.69) is 35.2 Å². The number of aromatic hydroxyl groups is 1. The summed E-state index contributed by atoms with van der Waals surface area (Å²) in [6.07, 6.45) is 5.96. The lowest BCUT2D eigenvalue weighted by atomic mass is 9.57. The molecular formula is C34H40FNO4. The molecule has 0 aromatic heterocycles. The predicted molar refractivity (Wildman–Crippen MR) is 155 cm³/mol. The van der Waals surface area contributed by atoms with Gasteiger partial charge < -0.3 is 24.2 Å². The number of halogens is 1. The summed E-state index contributed by atoms with van der Waals surface area (Å²) in [6, 6.07) is 20.1. The molecule has 1 spiro atoms. The fourth-order valence-electron chi connectivity index (χ4n) is 7.86. The second-order valence-electron chi connectivity index (χ2n) is 11.9. The van der Waals surface area contributed by atoms with E-state index < -0.39 is 0 Å². The van der Waals surface area contributed by atoms with E-state index in [1.807, 2.05) is 24.3 Å². The number of anilines is 1. The van der Waals surface area contributed by atoms with Gasteiger partial charge in [-0.1, -0.05) is 42.5 Å². The van der Waals surface area contributed by atoms with Crippen molar-refractivity contribution in [3.8, 4) is 11.5 Å². The van der Waals surface area contributed by atoms with E-state index in [4.69, 9.17) is 14.2 Å². The van der Waals surface area contributed by atoms with Gasteiger partial charge in [0.1, 0.15) is 5.75 Å². The van der Waals surface area contributed by atoms with E-state index >= 15 is 4.39 Å². The highest BCUT2D eigenvalue weighted by Gasteiger charge is 2.49. The highest BCUT2D eigenvalue weighted by Crippen LogP contribution is 2.55. The molecule has 1 N–H and O–H groups in total. The summed E-state index contributed by atoms with van der Waals surface area (Å²) >= 11 is 0. The lowest BCUT2D eigenvalue weighted by Crippen LogP contribution is -2.50. The van der Waals surface area contributed by atoms with Crippen molar-refractivity contribution in [1.82, 2.24) is 0 Å². The number of hydrogen-bond acceptors (Lipinski definition) is 5. The Hall–Kier alpha value is -3.09. The van der Waals surface area contributed by atoms with Crippen LogP contribution < -0.4 is 9.64 Å². The van der Waals surface area contributed by atoms with Gasteiger partial charge in [-0.25, -0.2) is 4.39 Å². The molecule has 0 amide bonds. The molecule has 5 nitrogen and oxygen atoms in total. The van der Waals surface area contributed by atoms with Gasteiger partial charge in [0, 0.05) is 44.7 Å². The molecular weight excluding hydrogens is 505 g/mol. The van der Waals surface area contributed by atoms with Gasteiger partial charge in [-0.05, 0) is 84.7 Å². The van der Waals surface area contributed by atoms with Gasteiger partial charge in [-0.15, -0.1) is 0 Å². The van der Waals surface area contributed by atoms with Crippen molar-refractivity contribution < 1.29 is 23.7 Å². The van der Waals surface area contributed by atoms with Gasteiger partial charge in [0.15, 0.2) is 17.9 Å². The number of nitrogens with zero attached hydrogens (tertiary/aromatic N) is 1. The minimum absolute atomic E-state index is 0.0729. The maximum atomic E-state index is 16.4. The average Bonchev–Trinajstić information content (AvgIpc) is 2.97. The average molecular weight is 546 g/mol. The van der Waals surface area contributed by atoms with Gasteiger partial charge in [0.05, 0.1) is 12.8 Å². The maximum Gasteiger partial charge on any atom is 0.188 e. The smallest absolute Gasteiger partial charge is 0.188 e. The molecule has 1 aliphatic heterocycles. The summed E-state index contributed by atoms with van der Waals surface area (Å²) in [5, 5.41) is 10.2. The van der Waals surface area contributed by atoms with Crippen LogP contribution in [0.1, 0.15) is 66.2 Å². The van der Waals surface area contributed by atoms with Gasteiger partial charge in [0.25, 0.3) is 0 Å². The highest BCUT2D eigenvalue weighted by atomic mass is 19.1. The third-order valence-corrected chi connectivity index (χ3v) is 9.87. The van der Waals surface area contributed by atoms with Crippen molar-refractivity contribution in [3.63, 3.8) is 0 Å². The molecule has 0 radical (unpaired) electrons. The molecule has 40 heavy (non-hydrogen) atoms. The summed E-state index contributed by atoms with van der Waals surface area (Å²) in [6.45, 7) is 1.66. The molecule has 1 heterocycles. The number of methoxy groups -OCH3 is 3. The predicted octanol–water partition coefficient (Wildman–Crippen LogP) is 7.02. The first-order valence-electron chi connectivity index (χ1n) is 14.5. The Morgan fingerprint density at radius 1 is 0.925 bits per heavy atom. The number of ether oxygens (including phenoxy) is 3. The fraction of sp³-hybridized carbons (Fsp3) is 0.471. The monoisotopic (exact) mass is 545 g/mol. The van der Waals surface area contributed by atoms with Crippen LogP contribution in [-0.4, -0.2) is 45.8 Å². The van der Waals surface area contributed by atoms with Crippen LogP contribution in [0.5, 0.6) is 11.5 Å². The van der Waals surface area contributed by atoms with Crippen LogP contribution in [0.25, 0.3) is 0 Å². The zero-order valence-electron chi connectivity index (χ0n) is 23.7. The molecule has 212 valence electrons. The van der Waals surface area contributed by atoms with Crippen LogP contribution in [0.2, 0.25) is 0 Å². The van der Waals surface area contributed by atoms with E-state index in [1.54, 1.807) is 27.4 Å². The minimum atomic E-state index is -0.279. The Morgan fingerprint density at radius 2 is 1.62 bits per heavy atom. The van der Waals surface area contributed by atoms with Crippen molar-refractivity contribution in [3.05, 3.63) is 88.7 Å². The molecule has 0 unspecified atom stereocenters. The molecule has 3 aromatic carbocycles. The Kier molecular flexibility index (Phi) is 7.49. The third kappa shape index (κ3) is 4.75. The van der Waals surface area contributed by atoms with E-state index in [1.165, 1.54) is 5.56 Å². The van der Waals surface area contributed by atoms with Crippen LogP contribution in [0.4, 0.5) is 10.1 Å². The fourth-order valence-corrected chi connectivity index (χ4v) is 7.86. The van der Waals surface area contributed by atoms with Crippen LogP contribution in [0, 0.1) is 17.2 Å². The van der Waals surface area contributed by atoms with E-state index in [-0.39, 0.29) is 29.7 Å². The molecule has 3 aliphatic rings. The van der Waals surface area contributed by atoms with E-state index in [9.17, 15) is 5.11 Å². The third-order valence-electron chi connectivity index (χ3n) is 9.87. The van der Waals surface area contributed by atoms with Crippen LogP contribution in [0.15, 0.2) is 60.7 Å². The number of hydrogen-bond donors (Lipinski definition) is 1. The van der Waals surface area contributed by atoms with E-state index in [0.717, 1.165) is 68.3 Å². The summed E-state index contributed by atoms with van der Waals surface area (Å²) in [5.74, 6) is 0.869. The van der Waals surface area contributed by atoms with Crippen LogP contribution >= 0.6 is 0 Å². The maximum absolute atomic E-state index is 16.4. The van der Waals surface area contributed by atoms with Crippen molar-refractivity contribution >= 4 is 5.69 Å². The molecule has 6 rings (SSSR count). The number of rotatable bonds is 7. The van der Waals surface area contributed by atoms with Crippen LogP contribution in [0.3, 0.4) is 0 Å². The van der Waals surface area contributed by atoms with Crippen molar-refractivity contribution in [2.75, 3.05) is 39.3 Å². The summed E-state index contributed by atoms with van der Waals surface area (Å²) in [5.41, 5.74) is 5.29. The number of benzene rings is 3. The molecule has 0 bridgehead atoms. The normalized spacial score (nSPS) is 22.3. The second-order valence-corrected chi connectivity index (χ2v) is 11.9. The first kappa shape index (κ1) is 27.1. The Labute approximate surface area is 236 Å². The van der Waals surface area contributed by atoms with Crippen molar-refractivity contribution in [1.29, 1.82) is 0 Å². The number of piperidine rings is 1. The van der Waals surface area contributed by atoms with Gasteiger partial charge >= 0.3 is 0 Å². The van der Waals surface area contributed by atoms with Gasteiger partial charge in [-0.2, -0.15) is 0 Å². The Balaban J connectivity index is 1.29. The Morgan fingerprint density at radius 3 is 2.30 bits per heavy atom. The molecule has 2 fully saturated rings. The van der Waals surface area contributed by atoms with Gasteiger partial charge in [0.2, 0.25) is 0 Å². The summed E-state index contributed by atoms with van der Waals surface area (Å²) in [4.78, 5) is 2.19. The summed E-state index contributed by atoms with van der Waals surface area (Å²) in [7, 11) is 4.99.